The molecular weight excluding hydrogens is 741 g/mol. The van der Waals surface area contributed by atoms with Crippen LogP contribution in [0.4, 0.5) is 0 Å². The number of aldehydes is 1. The van der Waals surface area contributed by atoms with E-state index in [4.69, 9.17) is 14.2 Å². The lowest BCUT2D eigenvalue weighted by molar-refractivity contribution is -0.157. The van der Waals surface area contributed by atoms with Crippen molar-refractivity contribution >= 4 is 35.4 Å². The molecule has 0 heterocycles. The Morgan fingerprint density at radius 1 is 0.707 bits per heavy atom. The van der Waals surface area contributed by atoms with E-state index in [1.165, 1.54) is 5.57 Å². The Bertz CT molecular complexity index is 1820. The van der Waals surface area contributed by atoms with Crippen molar-refractivity contribution < 1.29 is 53.2 Å². The molecule has 8 aliphatic rings. The molecule has 0 spiro atoms. The Hall–Kier alpha value is -3.38. The van der Waals surface area contributed by atoms with Crippen molar-refractivity contribution in [3.63, 3.8) is 0 Å². The van der Waals surface area contributed by atoms with Gasteiger partial charge >= 0.3 is 5.97 Å². The quantitative estimate of drug-likeness (QED) is 0.167. The number of allylic oxidation sites excluding steroid dienone is 8. The van der Waals surface area contributed by atoms with Crippen molar-refractivity contribution in [1.82, 2.24) is 0 Å². The Kier molecular flexibility index (Phi) is 12.0. The summed E-state index contributed by atoms with van der Waals surface area (Å²) in [6.45, 7) is 7.96. The van der Waals surface area contributed by atoms with Gasteiger partial charge in [0.15, 0.2) is 23.1 Å². The van der Waals surface area contributed by atoms with Gasteiger partial charge in [0.1, 0.15) is 32.7 Å². The fraction of sp³-hybridized carbons (Fsp3) is 0.702. The van der Waals surface area contributed by atoms with Crippen molar-refractivity contribution in [3.8, 4) is 0 Å². The maximum atomic E-state index is 13.0. The van der Waals surface area contributed by atoms with Gasteiger partial charge in [-0.15, -0.1) is 0 Å². The average Bonchev–Trinajstić information content (AvgIpc) is 3.70. The van der Waals surface area contributed by atoms with Gasteiger partial charge in [-0.25, -0.2) is 4.79 Å². The third-order valence-electron chi connectivity index (χ3n) is 16.8. The largest absolute Gasteiger partial charge is 0.456 e. The van der Waals surface area contributed by atoms with Crippen LogP contribution in [0.3, 0.4) is 0 Å². The summed E-state index contributed by atoms with van der Waals surface area (Å²) in [6, 6.07) is 0. The molecule has 11 heteroatoms. The molecule has 8 rings (SSSR count). The molecule has 6 saturated carbocycles. The average molecular weight is 803 g/mol. The topological polar surface area (TPSA) is 171 Å². The monoisotopic (exact) mass is 802 g/mol. The molecule has 0 amide bonds. The molecule has 0 bridgehead atoms. The van der Waals surface area contributed by atoms with Gasteiger partial charge in [-0.05, 0) is 123 Å². The minimum atomic E-state index is -0.665. The number of aliphatic hydroxyl groups excluding tert-OH is 2. The summed E-state index contributed by atoms with van der Waals surface area (Å²) in [5.41, 5.74) is 1.26. The van der Waals surface area contributed by atoms with Crippen LogP contribution >= 0.6 is 0 Å². The number of rotatable bonds is 10. The van der Waals surface area contributed by atoms with Crippen LogP contribution in [0.2, 0.25) is 0 Å². The number of ketones is 4. The first kappa shape index (κ1) is 42.7. The first-order valence-corrected chi connectivity index (χ1v) is 21.5. The van der Waals surface area contributed by atoms with Gasteiger partial charge in [-0.3, -0.25) is 19.2 Å². The number of fused-ring (bicyclic) bond motifs is 10. The van der Waals surface area contributed by atoms with E-state index in [9.17, 15) is 39.0 Å². The smallest absolute Gasteiger partial charge is 0.332 e. The SMILES string of the molecule is CC12C=CC(=O)C=C1CCC1C2C(O)CC2(C)C(C(=O)COC(=O)COCC=O)CCC12.COCC(=O)C1CCC2C3CCC4=CC(=O)C=CC4(C)C3C(O)CC12C. The number of carbonyl (C=O) groups excluding carboxylic acids is 6. The predicted molar refractivity (Wildman–Crippen MR) is 213 cm³/mol. The second kappa shape index (κ2) is 16.2. The van der Waals surface area contributed by atoms with Gasteiger partial charge in [0.05, 0.1) is 12.2 Å². The third kappa shape index (κ3) is 7.19. The molecule has 58 heavy (non-hydrogen) atoms. The first-order valence-electron chi connectivity index (χ1n) is 21.5. The normalized spacial score (nSPS) is 43.2. The number of hydrogen-bond acceptors (Lipinski definition) is 11. The van der Waals surface area contributed by atoms with E-state index in [0.717, 1.165) is 56.9 Å². The minimum Gasteiger partial charge on any atom is -0.456 e. The highest BCUT2D eigenvalue weighted by Crippen LogP contribution is 2.67. The van der Waals surface area contributed by atoms with Gasteiger partial charge in [0.2, 0.25) is 0 Å². The summed E-state index contributed by atoms with van der Waals surface area (Å²) in [7, 11) is 1.57. The Balaban J connectivity index is 0.000000180. The molecule has 0 radical (unpaired) electrons. The highest BCUT2D eigenvalue weighted by atomic mass is 16.6. The third-order valence-corrected chi connectivity index (χ3v) is 16.8. The number of esters is 1. The molecule has 6 fully saturated rings. The fourth-order valence-electron chi connectivity index (χ4n) is 14.4. The van der Waals surface area contributed by atoms with Crippen LogP contribution in [0.25, 0.3) is 0 Å². The molecule has 0 aromatic carbocycles. The Morgan fingerprint density at radius 3 is 1.62 bits per heavy atom. The molecule has 11 nitrogen and oxygen atoms in total. The summed E-state index contributed by atoms with van der Waals surface area (Å²) >= 11 is 0. The fourth-order valence-corrected chi connectivity index (χ4v) is 14.4. The molecule has 316 valence electrons. The van der Waals surface area contributed by atoms with Gasteiger partial charge in [-0.2, -0.15) is 0 Å². The van der Waals surface area contributed by atoms with Crippen LogP contribution in [0.5, 0.6) is 0 Å². The van der Waals surface area contributed by atoms with Crippen molar-refractivity contribution in [1.29, 1.82) is 0 Å². The number of methoxy groups -OCH3 is 1. The lowest BCUT2D eigenvalue weighted by Crippen LogP contribution is -2.56. The van der Waals surface area contributed by atoms with E-state index in [-0.39, 0.29) is 101 Å². The van der Waals surface area contributed by atoms with Crippen LogP contribution in [0, 0.1) is 69.0 Å². The lowest BCUT2D eigenvalue weighted by atomic mass is 9.46. The maximum absolute atomic E-state index is 13.0. The number of ether oxygens (including phenoxy) is 3. The summed E-state index contributed by atoms with van der Waals surface area (Å²) in [5, 5.41) is 22.6. The van der Waals surface area contributed by atoms with E-state index in [2.05, 4.69) is 27.7 Å². The summed E-state index contributed by atoms with van der Waals surface area (Å²) in [6.07, 6.45) is 18.9. The second-order valence-corrected chi connectivity index (χ2v) is 19.6. The zero-order valence-corrected chi connectivity index (χ0v) is 34.8. The van der Waals surface area contributed by atoms with E-state index in [0.29, 0.717) is 36.9 Å². The molecule has 2 N–H and O–H groups in total. The highest BCUT2D eigenvalue weighted by molar-refractivity contribution is 6.01. The van der Waals surface area contributed by atoms with Crippen molar-refractivity contribution in [3.05, 3.63) is 47.6 Å². The van der Waals surface area contributed by atoms with Gasteiger partial charge < -0.3 is 29.2 Å². The zero-order chi connectivity index (χ0) is 41.8. The maximum Gasteiger partial charge on any atom is 0.332 e. The number of Topliss-reactive ketones (excluding diaryl/α,β-unsaturated/α-hetero) is 2. The van der Waals surface area contributed by atoms with E-state index < -0.39 is 18.2 Å². The van der Waals surface area contributed by atoms with E-state index >= 15 is 0 Å². The molecule has 14 atom stereocenters. The molecule has 8 aliphatic carbocycles. The standard InChI is InChI=1S/C25H32O7.C22H30O4/c1-24-8-7-16(27)11-15(24)3-4-17-18-5-6-19(25(18,2)12-20(28)23(17)24)21(29)13-32-22(30)14-31-10-9-26;1-21-9-8-14(23)10-13(21)4-5-15-16-6-7-17(19(25)12-26-3)22(16,2)11-18(24)20(15)21/h7-9,11,17-20,23,28H,3-6,10,12-14H2,1-2H3;8-10,15-18,20,24H,4-7,11-12H2,1-3H3. The van der Waals surface area contributed by atoms with Gasteiger partial charge in [0, 0.05) is 41.6 Å². The molecule has 0 saturated heterocycles. The summed E-state index contributed by atoms with van der Waals surface area (Å²) in [5.74, 6) is 0.854. The van der Waals surface area contributed by atoms with Crippen molar-refractivity contribution in [2.24, 2.45) is 69.0 Å². The minimum absolute atomic E-state index is 0.00345. The molecule has 0 aliphatic heterocycles. The Morgan fingerprint density at radius 2 is 1.17 bits per heavy atom. The zero-order valence-electron chi connectivity index (χ0n) is 34.8. The predicted octanol–water partition coefficient (Wildman–Crippen LogP) is 5.31. The lowest BCUT2D eigenvalue weighted by Gasteiger charge is -2.58. The molecular formula is C47H62O11. The van der Waals surface area contributed by atoms with Crippen LogP contribution in [0.1, 0.15) is 91.9 Å². The summed E-state index contributed by atoms with van der Waals surface area (Å²) in [4.78, 5) is 71.4. The Labute approximate surface area is 342 Å². The van der Waals surface area contributed by atoms with Gasteiger partial charge in [0.25, 0.3) is 0 Å². The van der Waals surface area contributed by atoms with Crippen molar-refractivity contribution in [2.45, 2.75) is 104 Å². The van der Waals surface area contributed by atoms with E-state index in [1.807, 2.05) is 12.2 Å². The number of carbonyl (C=O) groups is 6. The van der Waals surface area contributed by atoms with E-state index in [1.54, 1.807) is 31.4 Å². The molecule has 0 aromatic rings. The molecule has 14 unspecified atom stereocenters. The first-order chi connectivity index (χ1) is 27.5. The second-order valence-electron chi connectivity index (χ2n) is 19.6. The summed E-state index contributed by atoms with van der Waals surface area (Å²) < 4.78 is 15.0. The number of hydrogen-bond donors (Lipinski definition) is 2. The highest BCUT2D eigenvalue weighted by Gasteiger charge is 2.64. The number of aliphatic hydroxyl groups is 2. The van der Waals surface area contributed by atoms with Crippen molar-refractivity contribution in [2.75, 3.05) is 33.5 Å². The van der Waals surface area contributed by atoms with Crippen LogP contribution < -0.4 is 0 Å². The van der Waals surface area contributed by atoms with Crippen LogP contribution in [-0.4, -0.2) is 91.3 Å². The van der Waals surface area contributed by atoms with Crippen LogP contribution in [-0.2, 0) is 43.0 Å². The van der Waals surface area contributed by atoms with Gasteiger partial charge in [-0.1, -0.05) is 51.0 Å². The van der Waals surface area contributed by atoms with Crippen LogP contribution in [0.15, 0.2) is 47.6 Å². The molecule has 0 aromatic heterocycles.